The number of anilines is 2. The third-order valence-electron chi connectivity index (χ3n) is 8.05. The number of benzene rings is 1. The molecular weight excluding hydrogens is 496 g/mol. The molecule has 2 saturated heterocycles. The minimum absolute atomic E-state index is 0.149. The molecule has 0 aliphatic carbocycles. The van der Waals surface area contributed by atoms with Gasteiger partial charge in [0, 0.05) is 13.0 Å². The Labute approximate surface area is 228 Å². The van der Waals surface area contributed by atoms with E-state index in [0.717, 1.165) is 49.0 Å². The molecule has 3 N–H and O–H groups in total. The number of hydrogen-bond donors (Lipinski definition) is 2. The Morgan fingerprint density at radius 2 is 1.95 bits per heavy atom. The summed E-state index contributed by atoms with van der Waals surface area (Å²) in [4.78, 5) is 39.7. The highest BCUT2D eigenvalue weighted by atomic mass is 32.1. The van der Waals surface area contributed by atoms with Crippen molar-refractivity contribution in [1.82, 2.24) is 19.8 Å². The molecule has 38 heavy (non-hydrogen) atoms. The largest absolute Gasteiger partial charge is 0.383 e. The van der Waals surface area contributed by atoms with E-state index in [2.05, 4.69) is 47.4 Å². The number of likely N-dealkylation sites (tertiary alicyclic amines) is 2. The van der Waals surface area contributed by atoms with Crippen LogP contribution in [0.15, 0.2) is 30.5 Å². The number of rotatable bonds is 5. The summed E-state index contributed by atoms with van der Waals surface area (Å²) in [5.41, 5.74) is 9.25. The van der Waals surface area contributed by atoms with Gasteiger partial charge in [0.05, 0.1) is 33.2 Å². The molecule has 9 heteroatoms. The van der Waals surface area contributed by atoms with Gasteiger partial charge in [0.1, 0.15) is 5.82 Å². The average molecular weight is 535 g/mol. The van der Waals surface area contributed by atoms with Crippen LogP contribution in [0.4, 0.5) is 11.5 Å². The van der Waals surface area contributed by atoms with Crippen LogP contribution in [0.1, 0.15) is 61.7 Å². The van der Waals surface area contributed by atoms with Crippen LogP contribution < -0.4 is 11.1 Å². The number of nitrogens with zero attached hydrogens (tertiary/aromatic N) is 4. The first-order valence-corrected chi connectivity index (χ1v) is 14.6. The fourth-order valence-electron chi connectivity index (χ4n) is 5.71. The lowest BCUT2D eigenvalue weighted by Gasteiger charge is -2.38. The number of pyridine rings is 1. The third kappa shape index (κ3) is 5.83. The van der Waals surface area contributed by atoms with Gasteiger partial charge in [-0.25, -0.2) is 9.97 Å². The van der Waals surface area contributed by atoms with E-state index in [1.807, 2.05) is 6.92 Å². The van der Waals surface area contributed by atoms with E-state index < -0.39 is 11.8 Å². The standard InChI is InChI=1S/C29H38N6O2S/c1-4-20-14-22(16-31-27(20)30)32-28(36)29(37)35-17-18(2)5-7-24(35)21-6-8-25-23(15-21)33-26(38-25)13-19-9-11-34(3)12-10-19/h6,8,14-16,18-19,24H,4-5,7,9-13,17H2,1-3H3,(H2,30,31)(H,32,36)/t18-,24+/m0/s1. The highest BCUT2D eigenvalue weighted by Gasteiger charge is 2.34. The average Bonchev–Trinajstić information content (AvgIpc) is 3.32. The highest BCUT2D eigenvalue weighted by Crippen LogP contribution is 2.36. The summed E-state index contributed by atoms with van der Waals surface area (Å²) in [5, 5.41) is 3.93. The number of thiazole rings is 1. The highest BCUT2D eigenvalue weighted by molar-refractivity contribution is 7.18. The summed E-state index contributed by atoms with van der Waals surface area (Å²) in [7, 11) is 2.19. The molecule has 202 valence electrons. The topological polar surface area (TPSA) is 104 Å². The van der Waals surface area contributed by atoms with Crippen molar-refractivity contribution in [3.63, 3.8) is 0 Å². The van der Waals surface area contributed by atoms with Crippen molar-refractivity contribution in [2.45, 2.75) is 58.4 Å². The van der Waals surface area contributed by atoms with Crippen LogP contribution in [0.3, 0.4) is 0 Å². The van der Waals surface area contributed by atoms with Crippen LogP contribution >= 0.6 is 11.3 Å². The molecule has 5 rings (SSSR count). The van der Waals surface area contributed by atoms with E-state index in [-0.39, 0.29) is 6.04 Å². The quantitative estimate of drug-likeness (QED) is 0.462. The van der Waals surface area contributed by atoms with Crippen molar-refractivity contribution in [1.29, 1.82) is 0 Å². The zero-order chi connectivity index (χ0) is 26.8. The van der Waals surface area contributed by atoms with Crippen LogP contribution in [0.5, 0.6) is 0 Å². The van der Waals surface area contributed by atoms with Crippen molar-refractivity contribution in [3.8, 4) is 0 Å². The number of piperidine rings is 2. The Bertz CT molecular complexity index is 1320. The second-order valence-electron chi connectivity index (χ2n) is 11.0. The fraction of sp³-hybridized carbons (Fsp3) is 0.517. The molecule has 2 atom stereocenters. The van der Waals surface area contributed by atoms with Gasteiger partial charge in [0.2, 0.25) is 0 Å². The second kappa shape index (κ2) is 11.4. The van der Waals surface area contributed by atoms with Crippen LogP contribution in [0, 0.1) is 11.8 Å². The molecule has 0 bridgehead atoms. The van der Waals surface area contributed by atoms with Gasteiger partial charge in [-0.15, -0.1) is 11.3 Å². The van der Waals surface area contributed by atoms with Gasteiger partial charge in [-0.05, 0) is 93.4 Å². The number of nitrogens with one attached hydrogen (secondary N) is 1. The number of aromatic nitrogens is 2. The van der Waals surface area contributed by atoms with Gasteiger partial charge in [0.15, 0.2) is 0 Å². The van der Waals surface area contributed by atoms with E-state index in [1.54, 1.807) is 22.3 Å². The summed E-state index contributed by atoms with van der Waals surface area (Å²) in [5.74, 6) is 0.304. The van der Waals surface area contributed by atoms with Crippen molar-refractivity contribution in [2.75, 3.05) is 37.7 Å². The Kier molecular flexibility index (Phi) is 7.95. The first-order valence-electron chi connectivity index (χ1n) is 13.7. The van der Waals surface area contributed by atoms with E-state index in [4.69, 9.17) is 10.7 Å². The number of hydrogen-bond acceptors (Lipinski definition) is 7. The number of nitrogens with two attached hydrogens (primary N) is 1. The van der Waals surface area contributed by atoms with Gasteiger partial charge in [-0.2, -0.15) is 0 Å². The lowest BCUT2D eigenvalue weighted by Crippen LogP contribution is -2.46. The second-order valence-corrected chi connectivity index (χ2v) is 12.1. The van der Waals surface area contributed by atoms with Crippen molar-refractivity contribution < 1.29 is 9.59 Å². The molecule has 1 aromatic carbocycles. The lowest BCUT2D eigenvalue weighted by molar-refractivity contribution is -0.146. The molecule has 0 saturated carbocycles. The molecule has 0 spiro atoms. The predicted molar refractivity (Wildman–Crippen MR) is 153 cm³/mol. The smallest absolute Gasteiger partial charge is 0.313 e. The zero-order valence-electron chi connectivity index (χ0n) is 22.6. The summed E-state index contributed by atoms with van der Waals surface area (Å²) in [6.07, 6.45) is 7.51. The number of carbonyl (C=O) groups is 2. The maximum absolute atomic E-state index is 13.4. The first-order chi connectivity index (χ1) is 18.3. The van der Waals surface area contributed by atoms with Gasteiger partial charge < -0.3 is 20.9 Å². The Morgan fingerprint density at radius 1 is 1.16 bits per heavy atom. The normalized spacial score (nSPS) is 21.1. The number of nitrogen functional groups attached to an aromatic ring is 1. The maximum Gasteiger partial charge on any atom is 0.313 e. The SMILES string of the molecule is CCc1cc(NC(=O)C(=O)N2C[C@@H](C)CC[C@@H]2c2ccc3sc(CC4CCN(C)CC4)nc3c2)cnc1N. The van der Waals surface area contributed by atoms with E-state index >= 15 is 0 Å². The van der Waals surface area contributed by atoms with Gasteiger partial charge in [-0.3, -0.25) is 9.59 Å². The van der Waals surface area contributed by atoms with E-state index in [0.29, 0.717) is 36.3 Å². The van der Waals surface area contributed by atoms with Crippen LogP contribution in [-0.2, 0) is 22.4 Å². The number of aryl methyl sites for hydroxylation is 1. The molecule has 0 radical (unpaired) electrons. The Balaban J connectivity index is 1.32. The monoisotopic (exact) mass is 534 g/mol. The summed E-state index contributed by atoms with van der Waals surface area (Å²) in [6.45, 7) is 6.97. The molecule has 8 nitrogen and oxygen atoms in total. The Morgan fingerprint density at radius 3 is 2.71 bits per heavy atom. The minimum Gasteiger partial charge on any atom is -0.383 e. The predicted octanol–water partition coefficient (Wildman–Crippen LogP) is 4.66. The third-order valence-corrected chi connectivity index (χ3v) is 9.11. The lowest BCUT2D eigenvalue weighted by atomic mass is 9.89. The molecule has 3 aromatic rings. The van der Waals surface area contributed by atoms with Gasteiger partial charge in [0.25, 0.3) is 0 Å². The zero-order valence-corrected chi connectivity index (χ0v) is 23.4. The van der Waals surface area contributed by atoms with Crippen molar-refractivity contribution in [3.05, 3.63) is 46.6 Å². The number of amides is 2. The first kappa shape index (κ1) is 26.6. The molecule has 0 unspecified atom stereocenters. The number of carbonyl (C=O) groups excluding carboxylic acids is 2. The molecule has 2 fully saturated rings. The summed E-state index contributed by atoms with van der Waals surface area (Å²) in [6, 6.07) is 8.00. The minimum atomic E-state index is -0.645. The van der Waals surface area contributed by atoms with Crippen molar-refractivity contribution >= 4 is 44.9 Å². The molecular formula is C29H38N6O2S. The molecule has 4 heterocycles. The molecule has 2 aromatic heterocycles. The van der Waals surface area contributed by atoms with Crippen LogP contribution in [0.25, 0.3) is 10.2 Å². The maximum atomic E-state index is 13.4. The van der Waals surface area contributed by atoms with Crippen LogP contribution in [0.2, 0.25) is 0 Å². The van der Waals surface area contributed by atoms with Crippen LogP contribution in [-0.4, -0.2) is 58.3 Å². The van der Waals surface area contributed by atoms with E-state index in [1.165, 1.54) is 28.7 Å². The Hall–Kier alpha value is -3.04. The molecule has 2 aliphatic rings. The van der Waals surface area contributed by atoms with Gasteiger partial charge in [-0.1, -0.05) is 19.9 Å². The summed E-state index contributed by atoms with van der Waals surface area (Å²) < 4.78 is 1.18. The van der Waals surface area contributed by atoms with Crippen molar-refractivity contribution in [2.24, 2.45) is 11.8 Å². The van der Waals surface area contributed by atoms with E-state index in [9.17, 15) is 9.59 Å². The molecule has 2 aliphatic heterocycles. The molecule has 2 amide bonds. The fourth-order valence-corrected chi connectivity index (χ4v) is 6.77. The number of fused-ring (bicyclic) bond motifs is 1. The summed E-state index contributed by atoms with van der Waals surface area (Å²) >= 11 is 1.78. The van der Waals surface area contributed by atoms with Gasteiger partial charge >= 0.3 is 11.8 Å².